The third-order valence-electron chi connectivity index (χ3n) is 14.9. The number of aromatic amines is 1. The van der Waals surface area contributed by atoms with Crippen LogP contribution >= 0.6 is 0 Å². The SMILES string of the molecule is C=C(COc1ccc2[nH]c3c(c2c1)CCN1C(=O)c2cc(N)ccc2N(C)C31)C(=O)N1CCN(c2nc(OC[C@@H]3CCCN3C)nc3c2CCN(c2cccc4cccc(C)c24)C3)C[C@@H]1CC#N. The lowest BCUT2D eigenvalue weighted by molar-refractivity contribution is -0.130. The number of nitrogens with two attached hydrogens (primary N) is 1. The molecule has 0 aliphatic carbocycles. The number of piperazine rings is 1. The zero-order valence-corrected chi connectivity index (χ0v) is 39.0. The second-order valence-electron chi connectivity index (χ2n) is 19.1. The number of nitriles is 1. The number of benzene rings is 4. The first kappa shape index (κ1) is 43.3. The van der Waals surface area contributed by atoms with Crippen LogP contribution in [-0.2, 0) is 24.2 Å². The minimum absolute atomic E-state index is 0.00692. The summed E-state index contributed by atoms with van der Waals surface area (Å²) in [6.07, 6.45) is 3.51. The Morgan fingerprint density at radius 2 is 1.76 bits per heavy atom. The molecule has 6 aromatic rings. The largest absolute Gasteiger partial charge is 0.489 e. The van der Waals surface area contributed by atoms with Gasteiger partial charge in [-0.1, -0.05) is 36.9 Å². The Morgan fingerprint density at radius 1 is 0.926 bits per heavy atom. The number of fused-ring (bicyclic) bond motifs is 8. The topological polar surface area (TPSA) is 163 Å². The maximum Gasteiger partial charge on any atom is 0.318 e. The summed E-state index contributed by atoms with van der Waals surface area (Å²) in [5.74, 6) is 1.18. The summed E-state index contributed by atoms with van der Waals surface area (Å²) in [7, 11) is 4.14. The van der Waals surface area contributed by atoms with E-state index >= 15 is 0 Å². The third kappa shape index (κ3) is 7.56. The predicted molar refractivity (Wildman–Crippen MR) is 264 cm³/mol. The number of rotatable bonds is 10. The number of likely N-dealkylation sites (N-methyl/N-ethyl adjacent to an activating group) is 1. The third-order valence-corrected chi connectivity index (χ3v) is 14.9. The molecular formula is C53H57N11O4. The fourth-order valence-electron chi connectivity index (χ4n) is 11.4. The molecule has 7 heterocycles. The highest BCUT2D eigenvalue weighted by Gasteiger charge is 2.42. The monoisotopic (exact) mass is 911 g/mol. The van der Waals surface area contributed by atoms with Crippen molar-refractivity contribution in [2.45, 2.75) is 63.8 Å². The van der Waals surface area contributed by atoms with Crippen molar-refractivity contribution in [3.63, 3.8) is 0 Å². The maximum atomic E-state index is 14.2. The smallest absolute Gasteiger partial charge is 0.318 e. The van der Waals surface area contributed by atoms with E-state index in [2.05, 4.69) is 87.6 Å². The summed E-state index contributed by atoms with van der Waals surface area (Å²) in [6.45, 7) is 11.2. The number of anilines is 4. The van der Waals surface area contributed by atoms with E-state index in [4.69, 9.17) is 25.2 Å². The van der Waals surface area contributed by atoms with Crippen molar-refractivity contribution < 1.29 is 19.1 Å². The van der Waals surface area contributed by atoms with Crippen LogP contribution in [0.15, 0.2) is 84.9 Å². The molecule has 3 atom stereocenters. The number of H-pyrrole nitrogens is 1. The van der Waals surface area contributed by atoms with Crippen LogP contribution < -0.4 is 29.9 Å². The Balaban J connectivity index is 0.800. The molecule has 68 heavy (non-hydrogen) atoms. The van der Waals surface area contributed by atoms with E-state index < -0.39 is 6.04 Å². The van der Waals surface area contributed by atoms with Gasteiger partial charge in [0.15, 0.2) is 0 Å². The van der Waals surface area contributed by atoms with Crippen LogP contribution in [0.5, 0.6) is 11.8 Å². The van der Waals surface area contributed by atoms with Gasteiger partial charge in [-0.3, -0.25) is 9.59 Å². The van der Waals surface area contributed by atoms with Gasteiger partial charge in [-0.05, 0) is 105 Å². The number of nitrogens with one attached hydrogen (secondary N) is 1. The van der Waals surface area contributed by atoms with Gasteiger partial charge in [-0.15, -0.1) is 0 Å². The molecule has 0 radical (unpaired) electrons. The van der Waals surface area contributed by atoms with E-state index in [0.29, 0.717) is 80.4 Å². The molecule has 2 fully saturated rings. The first-order chi connectivity index (χ1) is 33.0. The number of hydrogen-bond donors (Lipinski definition) is 2. The van der Waals surface area contributed by atoms with Crippen molar-refractivity contribution in [3.8, 4) is 17.8 Å². The number of hydrogen-bond acceptors (Lipinski definition) is 12. The van der Waals surface area contributed by atoms with Crippen LogP contribution in [0.2, 0.25) is 0 Å². The first-order valence-electron chi connectivity index (χ1n) is 23.8. The van der Waals surface area contributed by atoms with Crippen LogP contribution in [0.1, 0.15) is 63.9 Å². The van der Waals surface area contributed by atoms with Crippen molar-refractivity contribution in [2.24, 2.45) is 0 Å². The Kier molecular flexibility index (Phi) is 11.1. The number of carbonyl (C=O) groups is 2. The van der Waals surface area contributed by atoms with Crippen LogP contribution in [0.25, 0.3) is 21.7 Å². The van der Waals surface area contributed by atoms with E-state index in [9.17, 15) is 14.9 Å². The molecule has 2 saturated heterocycles. The molecule has 1 unspecified atom stereocenters. The summed E-state index contributed by atoms with van der Waals surface area (Å²) < 4.78 is 12.7. The Labute approximate surface area is 396 Å². The number of nitrogen functional groups attached to an aromatic ring is 1. The minimum atomic E-state index is -0.393. The molecule has 15 heteroatoms. The second-order valence-corrected chi connectivity index (χ2v) is 19.1. The highest BCUT2D eigenvalue weighted by atomic mass is 16.5. The van der Waals surface area contributed by atoms with E-state index in [0.717, 1.165) is 77.3 Å². The van der Waals surface area contributed by atoms with E-state index in [1.54, 1.807) is 11.0 Å². The number of ether oxygens (including phenoxy) is 2. The molecule has 4 aromatic carbocycles. The Hall–Kier alpha value is -7.31. The van der Waals surface area contributed by atoms with E-state index in [-0.39, 0.29) is 31.0 Å². The summed E-state index contributed by atoms with van der Waals surface area (Å²) in [5, 5.41) is 13.6. The van der Waals surface area contributed by atoms with Crippen molar-refractivity contribution in [1.29, 1.82) is 5.26 Å². The van der Waals surface area contributed by atoms with Gasteiger partial charge in [0, 0.05) is 84.6 Å². The van der Waals surface area contributed by atoms with Crippen molar-refractivity contribution >= 4 is 56.4 Å². The van der Waals surface area contributed by atoms with Crippen molar-refractivity contribution in [2.75, 3.05) is 87.0 Å². The number of aryl methyl sites for hydroxylation is 1. The Morgan fingerprint density at radius 3 is 2.59 bits per heavy atom. The zero-order valence-electron chi connectivity index (χ0n) is 39.0. The summed E-state index contributed by atoms with van der Waals surface area (Å²) in [4.78, 5) is 54.5. The van der Waals surface area contributed by atoms with Crippen molar-refractivity contribution in [3.05, 3.63) is 119 Å². The van der Waals surface area contributed by atoms with Crippen LogP contribution in [0, 0.1) is 18.3 Å². The zero-order chi connectivity index (χ0) is 46.8. The number of aromatic nitrogens is 3. The van der Waals surface area contributed by atoms with Gasteiger partial charge in [0.1, 0.15) is 30.9 Å². The average molecular weight is 912 g/mol. The Bertz CT molecular complexity index is 3050. The second kappa shape index (κ2) is 17.4. The lowest BCUT2D eigenvalue weighted by Crippen LogP contribution is -2.56. The van der Waals surface area contributed by atoms with E-state index in [1.165, 1.54) is 22.0 Å². The van der Waals surface area contributed by atoms with Crippen LogP contribution in [-0.4, -0.2) is 120 Å². The molecule has 2 amide bonds. The molecule has 348 valence electrons. The summed E-state index contributed by atoms with van der Waals surface area (Å²) >= 11 is 0. The summed E-state index contributed by atoms with van der Waals surface area (Å²) in [5.41, 5.74) is 15.9. The van der Waals surface area contributed by atoms with Gasteiger partial charge < -0.3 is 49.6 Å². The van der Waals surface area contributed by atoms with E-state index in [1.807, 2.05) is 42.3 Å². The molecule has 3 N–H and O–H groups in total. The molecule has 0 spiro atoms. The first-order valence-corrected chi connectivity index (χ1v) is 23.8. The van der Waals surface area contributed by atoms with Crippen LogP contribution in [0.3, 0.4) is 0 Å². The summed E-state index contributed by atoms with van der Waals surface area (Å²) in [6, 6.07) is 26.9. The molecule has 0 saturated carbocycles. The molecule has 2 aromatic heterocycles. The standard InChI is InChI=1S/C53H57N11O4/c1-32-8-5-9-34-10-6-12-46(47(32)34)61-22-18-40-44(29-61)57-53(68-31-37-11-7-21-59(37)3)58-49(40)62-24-25-63(36(28-62)17-20-54)51(65)33(2)30-67-38-14-15-43-41(27-38)39-19-23-64-50(48(39)56-43)60(4)45-16-13-35(55)26-42(45)52(64)66/h5-6,8-10,12-16,26-27,36-37,50,56H,2,7,11,17-19,21-25,28-31,55H2,1,3-4H3/t36-,37-,50?/m0/s1. The highest BCUT2D eigenvalue weighted by molar-refractivity contribution is 6.03. The minimum Gasteiger partial charge on any atom is -0.489 e. The molecule has 0 bridgehead atoms. The lowest BCUT2D eigenvalue weighted by Gasteiger charge is -2.46. The van der Waals surface area contributed by atoms with Crippen LogP contribution in [0.4, 0.5) is 22.9 Å². The number of carbonyl (C=O) groups excluding carboxylic acids is 2. The van der Waals surface area contributed by atoms with Gasteiger partial charge in [0.25, 0.3) is 11.8 Å². The van der Waals surface area contributed by atoms with Gasteiger partial charge >= 0.3 is 6.01 Å². The molecule has 15 nitrogen and oxygen atoms in total. The fraction of sp³-hybridized carbons (Fsp3) is 0.377. The van der Waals surface area contributed by atoms with Gasteiger partial charge in [-0.2, -0.15) is 15.2 Å². The van der Waals surface area contributed by atoms with Crippen molar-refractivity contribution in [1.82, 2.24) is 29.7 Å². The predicted octanol–water partition coefficient (Wildman–Crippen LogP) is 6.75. The van der Waals surface area contributed by atoms with Gasteiger partial charge in [-0.25, -0.2) is 0 Å². The molecular weight excluding hydrogens is 855 g/mol. The quantitative estimate of drug-likeness (QED) is 0.110. The normalized spacial score (nSPS) is 20.2. The molecule has 5 aliphatic rings. The molecule has 5 aliphatic heterocycles. The van der Waals surface area contributed by atoms with Gasteiger partial charge in [0.2, 0.25) is 0 Å². The average Bonchev–Trinajstić information content (AvgIpc) is 3.95. The molecule has 11 rings (SSSR count). The van der Waals surface area contributed by atoms with Gasteiger partial charge in [0.05, 0.1) is 47.7 Å². The maximum absolute atomic E-state index is 14.2. The highest BCUT2D eigenvalue weighted by Crippen LogP contribution is 2.44. The number of likely N-dealkylation sites (tertiary alicyclic amines) is 1. The number of nitrogens with zero attached hydrogens (tertiary/aromatic N) is 9. The fourth-order valence-corrected chi connectivity index (χ4v) is 11.4. The lowest BCUT2D eigenvalue weighted by atomic mass is 9.96. The number of amides is 2.